The molecule has 1 amide bonds. The number of Topliss-reactive ketones (excluding diaryl/α,β-unsaturated/α-hetero) is 2. The summed E-state index contributed by atoms with van der Waals surface area (Å²) in [4.78, 5) is 45.9. The number of aromatic hydroxyl groups is 1. The molecule has 42 heavy (non-hydrogen) atoms. The van der Waals surface area contributed by atoms with E-state index >= 15 is 0 Å². The van der Waals surface area contributed by atoms with E-state index in [1.165, 1.54) is 25.2 Å². The standard InChI is InChI=1S/C30H33N3O9/c1-33(2)24-18-11-14-10-17-15(16-9-13(12-32-42-4)5-8-20(16)41-3)6-7-19(34)22(17)25(35)21(14)27(37)30(18,40)28(38)23(26(24)36)29(31)39/h5-9,14,18,24,32,34-35,38,40H,10-12H2,1-4H3,(H2,31,39)/t14-,18-,24-,30-/m0/s1. The second kappa shape index (κ2) is 10.6. The summed E-state index contributed by atoms with van der Waals surface area (Å²) in [5.41, 5.74) is 7.14. The van der Waals surface area contributed by atoms with Gasteiger partial charge in [-0.25, -0.2) is 0 Å². The van der Waals surface area contributed by atoms with Crippen LogP contribution in [0.1, 0.15) is 23.1 Å². The van der Waals surface area contributed by atoms with E-state index in [1.807, 2.05) is 12.1 Å². The number of fused-ring (bicyclic) bond motifs is 3. The van der Waals surface area contributed by atoms with Crippen molar-refractivity contribution in [2.75, 3.05) is 28.3 Å². The van der Waals surface area contributed by atoms with E-state index in [0.29, 0.717) is 29.0 Å². The fourth-order valence-corrected chi connectivity index (χ4v) is 6.73. The highest BCUT2D eigenvalue weighted by atomic mass is 16.6. The number of carbonyl (C=O) groups is 3. The van der Waals surface area contributed by atoms with Crippen LogP contribution in [-0.4, -0.2) is 82.8 Å². The smallest absolute Gasteiger partial charge is 0.255 e. The molecule has 0 heterocycles. The van der Waals surface area contributed by atoms with Gasteiger partial charge in [-0.2, -0.15) is 5.48 Å². The first-order valence-corrected chi connectivity index (χ1v) is 13.3. The highest BCUT2D eigenvalue weighted by Gasteiger charge is 2.64. The third-order valence-electron chi connectivity index (χ3n) is 8.58. The van der Waals surface area contributed by atoms with Crippen LogP contribution in [0.15, 0.2) is 47.2 Å². The number of ketones is 2. The van der Waals surface area contributed by atoms with Crippen LogP contribution in [0.4, 0.5) is 0 Å². The Bertz CT molecular complexity index is 1580. The van der Waals surface area contributed by atoms with Crippen LogP contribution < -0.4 is 16.0 Å². The molecule has 222 valence electrons. The number of likely N-dealkylation sites (N-methyl/N-ethyl adjacent to an activating group) is 1. The number of phenolic OH excluding ortho intramolecular Hbond substituents is 1. The molecular weight excluding hydrogens is 546 g/mol. The fraction of sp³-hybridized carbons (Fsp3) is 0.367. The van der Waals surface area contributed by atoms with E-state index in [-0.39, 0.29) is 29.7 Å². The maximum Gasteiger partial charge on any atom is 0.255 e. The van der Waals surface area contributed by atoms with Crippen LogP contribution in [0.5, 0.6) is 11.5 Å². The van der Waals surface area contributed by atoms with Crippen LogP contribution in [-0.2, 0) is 32.2 Å². The molecule has 1 saturated carbocycles. The average Bonchev–Trinajstić information content (AvgIpc) is 2.93. The fourth-order valence-electron chi connectivity index (χ4n) is 6.73. The number of nitrogens with two attached hydrogens (primary N) is 1. The van der Waals surface area contributed by atoms with Crippen molar-refractivity contribution in [3.63, 3.8) is 0 Å². The number of phenols is 1. The molecule has 12 heteroatoms. The van der Waals surface area contributed by atoms with Crippen LogP contribution in [0.2, 0.25) is 0 Å². The molecule has 0 saturated heterocycles. The number of hydrogen-bond donors (Lipinski definition) is 6. The average molecular weight is 580 g/mol. The molecule has 0 radical (unpaired) electrons. The van der Waals surface area contributed by atoms with Crippen LogP contribution in [0, 0.1) is 11.8 Å². The van der Waals surface area contributed by atoms with Crippen molar-refractivity contribution in [2.45, 2.75) is 31.0 Å². The zero-order chi connectivity index (χ0) is 30.7. The topological polar surface area (TPSA) is 192 Å². The van der Waals surface area contributed by atoms with Gasteiger partial charge in [0, 0.05) is 23.6 Å². The number of aliphatic hydroxyl groups excluding tert-OH is 2. The third-order valence-corrected chi connectivity index (χ3v) is 8.58. The zero-order valence-electron chi connectivity index (χ0n) is 23.6. The number of hydroxylamine groups is 1. The molecule has 2 aromatic carbocycles. The van der Waals surface area contributed by atoms with Crippen molar-refractivity contribution in [1.82, 2.24) is 10.4 Å². The van der Waals surface area contributed by atoms with Gasteiger partial charge in [0.05, 0.1) is 25.8 Å². The van der Waals surface area contributed by atoms with Gasteiger partial charge in [0.2, 0.25) is 5.78 Å². The molecule has 0 aliphatic heterocycles. The predicted molar refractivity (Wildman–Crippen MR) is 150 cm³/mol. The molecule has 2 aromatic rings. The Balaban J connectivity index is 1.72. The van der Waals surface area contributed by atoms with Crippen LogP contribution in [0.25, 0.3) is 16.9 Å². The summed E-state index contributed by atoms with van der Waals surface area (Å²) in [6.07, 6.45) is 0.151. The molecule has 4 atom stereocenters. The monoisotopic (exact) mass is 579 g/mol. The van der Waals surface area contributed by atoms with Gasteiger partial charge in [-0.3, -0.25) is 19.3 Å². The number of benzene rings is 2. The van der Waals surface area contributed by atoms with Crippen molar-refractivity contribution in [1.29, 1.82) is 0 Å². The Morgan fingerprint density at radius 2 is 1.83 bits per heavy atom. The highest BCUT2D eigenvalue weighted by molar-refractivity contribution is 6.24. The van der Waals surface area contributed by atoms with Crippen LogP contribution in [0.3, 0.4) is 0 Å². The van der Waals surface area contributed by atoms with Gasteiger partial charge in [0.1, 0.15) is 28.6 Å². The Hall–Kier alpha value is -4.23. The Morgan fingerprint density at radius 3 is 2.45 bits per heavy atom. The van der Waals surface area contributed by atoms with Gasteiger partial charge >= 0.3 is 0 Å². The SMILES string of the molecule is CONCc1ccc(OC)c(-c2ccc(O)c3c2C[C@H]2C[C@H]4[C@H](N(C)C)C(=O)C(C(N)=O)=C(O)[C@@]4(O)C(=O)C2=C3O)c1. The Labute approximate surface area is 241 Å². The first-order valence-electron chi connectivity index (χ1n) is 13.3. The lowest BCUT2D eigenvalue weighted by atomic mass is 9.57. The lowest BCUT2D eigenvalue weighted by Gasteiger charge is -2.50. The number of aliphatic hydroxyl groups is 3. The largest absolute Gasteiger partial charge is 0.508 e. The van der Waals surface area contributed by atoms with E-state index < -0.39 is 58.0 Å². The van der Waals surface area contributed by atoms with Crippen molar-refractivity contribution < 1.29 is 44.4 Å². The Kier molecular flexibility index (Phi) is 7.35. The molecule has 0 spiro atoms. The van der Waals surface area contributed by atoms with Gasteiger partial charge < -0.3 is 35.7 Å². The first-order chi connectivity index (χ1) is 19.9. The van der Waals surface area contributed by atoms with E-state index in [2.05, 4.69) is 5.48 Å². The maximum absolute atomic E-state index is 14.0. The number of amides is 1. The molecule has 7 N–H and O–H groups in total. The van der Waals surface area contributed by atoms with E-state index in [0.717, 1.165) is 5.56 Å². The van der Waals surface area contributed by atoms with Crippen molar-refractivity contribution in [3.05, 3.63) is 63.9 Å². The highest BCUT2D eigenvalue weighted by Crippen LogP contribution is 2.54. The molecule has 12 nitrogen and oxygen atoms in total. The first kappa shape index (κ1) is 29.3. The quantitative estimate of drug-likeness (QED) is 0.205. The molecule has 5 rings (SSSR count). The van der Waals surface area contributed by atoms with Gasteiger partial charge in [-0.15, -0.1) is 0 Å². The molecule has 3 aliphatic carbocycles. The number of nitrogens with zero attached hydrogens (tertiary/aromatic N) is 1. The number of ether oxygens (including phenoxy) is 1. The number of methoxy groups -OCH3 is 1. The lowest BCUT2D eigenvalue weighted by Crippen LogP contribution is -2.65. The lowest BCUT2D eigenvalue weighted by molar-refractivity contribution is -0.153. The summed E-state index contributed by atoms with van der Waals surface area (Å²) >= 11 is 0. The molecule has 1 fully saturated rings. The number of nitrogens with one attached hydrogen (secondary N) is 1. The summed E-state index contributed by atoms with van der Waals surface area (Å²) < 4.78 is 5.62. The maximum atomic E-state index is 14.0. The Morgan fingerprint density at radius 1 is 1.12 bits per heavy atom. The van der Waals surface area contributed by atoms with E-state index in [9.17, 15) is 34.8 Å². The summed E-state index contributed by atoms with van der Waals surface area (Å²) in [7, 11) is 6.14. The minimum absolute atomic E-state index is 0.00418. The molecule has 0 bridgehead atoms. The summed E-state index contributed by atoms with van der Waals surface area (Å²) in [5, 5.41) is 45.2. The van der Waals surface area contributed by atoms with Crippen molar-refractivity contribution in [2.24, 2.45) is 17.6 Å². The number of carbonyl (C=O) groups excluding carboxylic acids is 3. The van der Waals surface area contributed by atoms with Crippen LogP contribution >= 0.6 is 0 Å². The number of primary amides is 1. The second-order valence-corrected chi connectivity index (χ2v) is 11.0. The van der Waals surface area contributed by atoms with Crippen molar-refractivity contribution >= 4 is 23.2 Å². The van der Waals surface area contributed by atoms with Gasteiger partial charge in [-0.05, 0) is 67.7 Å². The van der Waals surface area contributed by atoms with E-state index in [1.54, 1.807) is 26.2 Å². The number of rotatable bonds is 7. The summed E-state index contributed by atoms with van der Waals surface area (Å²) in [6.45, 7) is 0.394. The second-order valence-electron chi connectivity index (χ2n) is 11.0. The van der Waals surface area contributed by atoms with Gasteiger partial charge in [-0.1, -0.05) is 12.1 Å². The minimum atomic E-state index is -2.69. The number of hydrogen-bond acceptors (Lipinski definition) is 11. The molecule has 3 aliphatic rings. The van der Waals surface area contributed by atoms with E-state index in [4.69, 9.17) is 15.3 Å². The van der Waals surface area contributed by atoms with Gasteiger partial charge in [0.25, 0.3) is 5.91 Å². The minimum Gasteiger partial charge on any atom is -0.508 e. The zero-order valence-corrected chi connectivity index (χ0v) is 23.6. The van der Waals surface area contributed by atoms with Gasteiger partial charge in [0.15, 0.2) is 11.4 Å². The third kappa shape index (κ3) is 4.18. The summed E-state index contributed by atoms with van der Waals surface area (Å²) in [6, 6.07) is 7.46. The van der Waals surface area contributed by atoms with Crippen molar-refractivity contribution in [3.8, 4) is 22.6 Å². The summed E-state index contributed by atoms with van der Waals surface area (Å²) in [5.74, 6) is -6.43. The molecule has 0 aromatic heterocycles. The normalized spacial score (nSPS) is 25.3. The molecule has 0 unspecified atom stereocenters. The predicted octanol–water partition coefficient (Wildman–Crippen LogP) is 1.29. The molecular formula is C30H33N3O9.